The lowest BCUT2D eigenvalue weighted by atomic mass is 10.1. The van der Waals surface area contributed by atoms with Gasteiger partial charge in [0.1, 0.15) is 0 Å². The molecule has 1 N–H and O–H groups in total. The highest BCUT2D eigenvalue weighted by Gasteiger charge is 2.22. The molecule has 1 aromatic heterocycles. The molecule has 0 spiro atoms. The number of nitrogens with zero attached hydrogens (tertiary/aromatic N) is 1. The molecule has 0 unspecified atom stereocenters. The van der Waals surface area contributed by atoms with E-state index in [0.717, 1.165) is 25.9 Å². The predicted molar refractivity (Wildman–Crippen MR) is 94.8 cm³/mol. The quantitative estimate of drug-likeness (QED) is 0.788. The summed E-state index contributed by atoms with van der Waals surface area (Å²) < 4.78 is 0. The molecule has 1 saturated heterocycles. The molecule has 1 aliphatic rings. The van der Waals surface area contributed by atoms with Crippen molar-refractivity contribution in [1.82, 2.24) is 10.2 Å². The number of rotatable bonds is 6. The Morgan fingerprint density at radius 3 is 2.60 bits per heavy atom. The zero-order valence-corrected chi connectivity index (χ0v) is 14.6. The maximum Gasteiger partial charge on any atom is 0.0445 e. The topological polar surface area (TPSA) is 15.3 Å². The highest BCUT2D eigenvalue weighted by Crippen LogP contribution is 2.32. The minimum atomic E-state index is 0. The van der Waals surface area contributed by atoms with Gasteiger partial charge in [-0.25, -0.2) is 0 Å². The fraction of sp³-hybridized carbons (Fsp3) is 0.600. The molecule has 2 nitrogen and oxygen atoms in total. The van der Waals surface area contributed by atoms with E-state index < -0.39 is 0 Å². The van der Waals surface area contributed by atoms with E-state index in [0.29, 0.717) is 6.04 Å². The van der Waals surface area contributed by atoms with Crippen LogP contribution in [0.2, 0.25) is 0 Å². The lowest BCUT2D eigenvalue weighted by Gasteiger charge is -2.34. The van der Waals surface area contributed by atoms with Crippen LogP contribution in [0.15, 0.2) is 24.8 Å². The first-order valence-electron chi connectivity index (χ1n) is 6.99. The van der Waals surface area contributed by atoms with Gasteiger partial charge in [0.2, 0.25) is 0 Å². The molecule has 0 amide bonds. The zero-order chi connectivity index (χ0) is 12.8. The Morgan fingerprint density at radius 2 is 2.05 bits per heavy atom. The summed E-state index contributed by atoms with van der Waals surface area (Å²) in [6.45, 7) is 10.7. The summed E-state index contributed by atoms with van der Waals surface area (Å²) in [5, 5.41) is 3.44. The first-order chi connectivity index (χ1) is 8.85. The first-order valence-corrected chi connectivity index (χ1v) is 7.81. The fourth-order valence-corrected chi connectivity index (χ4v) is 3.66. The molecule has 2 rings (SSSR count). The number of allylic oxidation sites excluding steroid dienone is 1. The fourth-order valence-electron chi connectivity index (χ4n) is 2.54. The summed E-state index contributed by atoms with van der Waals surface area (Å²) in [6, 6.07) is 5.22. The Morgan fingerprint density at radius 1 is 1.35 bits per heavy atom. The molecule has 20 heavy (non-hydrogen) atoms. The predicted octanol–water partition coefficient (Wildman–Crippen LogP) is 4.07. The van der Waals surface area contributed by atoms with Gasteiger partial charge in [0.25, 0.3) is 0 Å². The molecule has 1 aromatic rings. The van der Waals surface area contributed by atoms with Crippen LogP contribution in [-0.4, -0.2) is 31.1 Å². The Hall–Kier alpha value is -0.0600. The summed E-state index contributed by atoms with van der Waals surface area (Å²) in [6.07, 6.45) is 5.51. The number of hydrogen-bond acceptors (Lipinski definition) is 3. The van der Waals surface area contributed by atoms with E-state index in [4.69, 9.17) is 0 Å². The van der Waals surface area contributed by atoms with Crippen molar-refractivity contribution in [2.45, 2.75) is 32.2 Å². The van der Waals surface area contributed by atoms with Gasteiger partial charge < -0.3 is 5.32 Å². The number of halogens is 2. The van der Waals surface area contributed by atoms with Gasteiger partial charge in [-0.15, -0.1) is 42.7 Å². The molecule has 0 radical (unpaired) electrons. The number of thiophene rings is 1. The van der Waals surface area contributed by atoms with E-state index in [1.54, 1.807) is 0 Å². The van der Waals surface area contributed by atoms with Gasteiger partial charge in [0.05, 0.1) is 0 Å². The summed E-state index contributed by atoms with van der Waals surface area (Å²) in [5.41, 5.74) is 0. The summed E-state index contributed by atoms with van der Waals surface area (Å²) in [4.78, 5) is 5.67. The van der Waals surface area contributed by atoms with E-state index in [1.165, 1.54) is 29.3 Å². The van der Waals surface area contributed by atoms with Crippen molar-refractivity contribution in [1.29, 1.82) is 0 Å². The second kappa shape index (κ2) is 10.6. The number of nitrogens with one attached hydrogen (secondary N) is 1. The third-order valence-electron chi connectivity index (χ3n) is 3.60. The Kier molecular flexibility index (Phi) is 10.6. The van der Waals surface area contributed by atoms with E-state index in [9.17, 15) is 0 Å². The maximum absolute atomic E-state index is 3.87. The molecule has 0 saturated carbocycles. The third-order valence-corrected chi connectivity index (χ3v) is 4.93. The monoisotopic (exact) mass is 336 g/mol. The van der Waals surface area contributed by atoms with Gasteiger partial charge in [0, 0.05) is 42.0 Å². The normalized spacial score (nSPS) is 16.9. The van der Waals surface area contributed by atoms with Crippen LogP contribution < -0.4 is 5.32 Å². The van der Waals surface area contributed by atoms with Gasteiger partial charge in [-0.2, -0.15) is 0 Å². The molecule has 0 bridgehead atoms. The average Bonchev–Trinajstić information content (AvgIpc) is 2.89. The molecule has 116 valence electrons. The maximum atomic E-state index is 3.87. The Bertz CT molecular complexity index is 376. The Balaban J connectivity index is 0.00000180. The molecule has 5 heteroatoms. The zero-order valence-electron chi connectivity index (χ0n) is 12.1. The SMILES string of the molecule is C=CCC[C@@H](c1ccc(CC)s1)N1CCNCC1.Cl.Cl. The molecule has 1 atom stereocenters. The molecule has 1 fully saturated rings. The molecule has 1 aliphatic heterocycles. The van der Waals surface area contributed by atoms with Crippen molar-refractivity contribution >= 4 is 36.2 Å². The van der Waals surface area contributed by atoms with Crippen LogP contribution in [0.25, 0.3) is 0 Å². The van der Waals surface area contributed by atoms with Crippen LogP contribution in [0.1, 0.15) is 35.6 Å². The minimum absolute atomic E-state index is 0. The minimum Gasteiger partial charge on any atom is -0.314 e. The standard InChI is InChI=1S/C15H24N2S.2ClH/c1-3-5-6-14(17-11-9-16-10-12-17)15-8-7-13(4-2)18-15;;/h3,7-8,14,16H,1,4-6,9-12H2,2H3;2*1H/t14-;;/m0../s1. The van der Waals surface area contributed by atoms with E-state index >= 15 is 0 Å². The molecular formula is C15H26Cl2N2S. The highest BCUT2D eigenvalue weighted by molar-refractivity contribution is 7.12. The van der Waals surface area contributed by atoms with Crippen LogP contribution in [-0.2, 0) is 6.42 Å². The van der Waals surface area contributed by atoms with Gasteiger partial charge in [-0.3, -0.25) is 4.90 Å². The van der Waals surface area contributed by atoms with Crippen molar-refractivity contribution in [2.75, 3.05) is 26.2 Å². The number of aryl methyl sites for hydroxylation is 1. The molecule has 0 aliphatic carbocycles. The third kappa shape index (κ3) is 5.38. The van der Waals surface area contributed by atoms with Crippen LogP contribution in [0.3, 0.4) is 0 Å². The van der Waals surface area contributed by atoms with Crippen molar-refractivity contribution in [3.8, 4) is 0 Å². The van der Waals surface area contributed by atoms with Crippen molar-refractivity contribution in [2.24, 2.45) is 0 Å². The first kappa shape index (κ1) is 19.9. The highest BCUT2D eigenvalue weighted by atomic mass is 35.5. The summed E-state index contributed by atoms with van der Waals surface area (Å²) in [5.74, 6) is 0. The average molecular weight is 337 g/mol. The number of piperazine rings is 1. The second-order valence-corrected chi connectivity index (χ2v) is 6.03. The summed E-state index contributed by atoms with van der Waals surface area (Å²) in [7, 11) is 0. The van der Waals surface area contributed by atoms with E-state index in [-0.39, 0.29) is 24.8 Å². The van der Waals surface area contributed by atoms with Crippen LogP contribution in [0, 0.1) is 0 Å². The van der Waals surface area contributed by atoms with Gasteiger partial charge in [-0.1, -0.05) is 13.0 Å². The number of hydrogen-bond donors (Lipinski definition) is 1. The summed E-state index contributed by atoms with van der Waals surface area (Å²) >= 11 is 1.99. The smallest absolute Gasteiger partial charge is 0.0445 e. The van der Waals surface area contributed by atoms with Gasteiger partial charge in [0.15, 0.2) is 0 Å². The van der Waals surface area contributed by atoms with Crippen molar-refractivity contribution in [3.63, 3.8) is 0 Å². The molecular weight excluding hydrogens is 311 g/mol. The lowest BCUT2D eigenvalue weighted by Crippen LogP contribution is -2.45. The van der Waals surface area contributed by atoms with Gasteiger partial charge >= 0.3 is 0 Å². The van der Waals surface area contributed by atoms with E-state index in [2.05, 4.69) is 35.9 Å². The van der Waals surface area contributed by atoms with Gasteiger partial charge in [-0.05, 0) is 31.4 Å². The van der Waals surface area contributed by atoms with E-state index in [1.807, 2.05) is 17.4 Å². The second-order valence-electron chi connectivity index (χ2n) is 4.83. The largest absolute Gasteiger partial charge is 0.314 e. The molecule has 2 heterocycles. The van der Waals surface area contributed by atoms with Crippen molar-refractivity contribution < 1.29 is 0 Å². The molecule has 0 aromatic carbocycles. The Labute approximate surface area is 139 Å². The lowest BCUT2D eigenvalue weighted by molar-refractivity contribution is 0.168. The van der Waals surface area contributed by atoms with Crippen LogP contribution >= 0.6 is 36.2 Å². The van der Waals surface area contributed by atoms with Crippen molar-refractivity contribution in [3.05, 3.63) is 34.5 Å². The van der Waals surface area contributed by atoms with Crippen LogP contribution in [0.5, 0.6) is 0 Å². The van der Waals surface area contributed by atoms with Crippen LogP contribution in [0.4, 0.5) is 0 Å².